The minimum Gasteiger partial charge on any atom is -0.469 e. The van der Waals surface area contributed by atoms with Crippen molar-refractivity contribution in [2.75, 3.05) is 10.6 Å². The molecule has 2 N–H and O–H groups in total. The molecule has 0 radical (unpaired) electrons. The van der Waals surface area contributed by atoms with Crippen molar-refractivity contribution in [2.24, 2.45) is 5.92 Å². The Morgan fingerprint density at radius 3 is 2.92 bits per heavy atom. The molecular weight excluding hydrogens is 326 g/mol. The molecule has 6 nitrogen and oxygen atoms in total. The maximum Gasteiger partial charge on any atom is 0.230 e. The van der Waals surface area contributed by atoms with Gasteiger partial charge in [-0.15, -0.1) is 0 Å². The van der Waals surface area contributed by atoms with Gasteiger partial charge in [0.25, 0.3) is 0 Å². The van der Waals surface area contributed by atoms with Gasteiger partial charge in [-0.1, -0.05) is 11.3 Å². The highest BCUT2D eigenvalue weighted by Gasteiger charge is 2.46. The quantitative estimate of drug-likeness (QED) is 0.759. The van der Waals surface area contributed by atoms with Crippen LogP contribution in [0.25, 0.3) is 10.2 Å². The first-order valence-corrected chi connectivity index (χ1v) is 8.44. The first kappa shape index (κ1) is 14.9. The summed E-state index contributed by atoms with van der Waals surface area (Å²) in [6, 6.07) is 9.22. The average Bonchev–Trinajstić information content (AvgIpc) is 2.97. The molecule has 2 aromatic heterocycles. The molecule has 1 fully saturated rings. The van der Waals surface area contributed by atoms with Crippen molar-refractivity contribution >= 4 is 44.2 Å². The molecule has 0 spiro atoms. The molecule has 1 aliphatic rings. The molecule has 1 saturated carbocycles. The maximum atomic E-state index is 12.3. The summed E-state index contributed by atoms with van der Waals surface area (Å²) in [7, 11) is 0. The standard InChI is InChI=1S/C17H15N3O3S/c1-9(21)18-10-4-5-13-15(7-10)24-17(19-13)20-16(22)12-8-11(12)14-3-2-6-23-14/h2-7,11-12H,8H2,1H3,(H,18,21)(H,19,20,22)/t11-,12-/m1/s1. The van der Waals surface area contributed by atoms with Crippen LogP contribution >= 0.6 is 11.3 Å². The van der Waals surface area contributed by atoms with E-state index in [2.05, 4.69) is 15.6 Å². The van der Waals surface area contributed by atoms with Crippen LogP contribution in [0.2, 0.25) is 0 Å². The smallest absolute Gasteiger partial charge is 0.230 e. The molecule has 122 valence electrons. The Labute approximate surface area is 141 Å². The SMILES string of the molecule is CC(=O)Nc1ccc2nc(NC(=O)[C@@H]3C[C@H]3c3ccco3)sc2c1. The van der Waals surface area contributed by atoms with Gasteiger partial charge >= 0.3 is 0 Å². The summed E-state index contributed by atoms with van der Waals surface area (Å²) in [5.74, 6) is 0.820. The minimum atomic E-state index is -0.120. The van der Waals surface area contributed by atoms with Crippen LogP contribution in [-0.2, 0) is 9.59 Å². The van der Waals surface area contributed by atoms with Crippen LogP contribution in [0.4, 0.5) is 10.8 Å². The van der Waals surface area contributed by atoms with E-state index in [1.165, 1.54) is 18.3 Å². The summed E-state index contributed by atoms with van der Waals surface area (Å²) in [6.45, 7) is 1.47. The molecule has 24 heavy (non-hydrogen) atoms. The van der Waals surface area contributed by atoms with Gasteiger partial charge in [-0.05, 0) is 36.8 Å². The zero-order valence-electron chi connectivity index (χ0n) is 12.9. The molecule has 0 saturated heterocycles. The fourth-order valence-corrected chi connectivity index (χ4v) is 3.67. The van der Waals surface area contributed by atoms with E-state index in [-0.39, 0.29) is 23.7 Å². The zero-order valence-corrected chi connectivity index (χ0v) is 13.7. The van der Waals surface area contributed by atoms with Gasteiger partial charge in [0.15, 0.2) is 5.13 Å². The van der Waals surface area contributed by atoms with Crippen molar-refractivity contribution in [3.8, 4) is 0 Å². The Kier molecular flexibility index (Phi) is 3.57. The molecular formula is C17H15N3O3S. The molecule has 2 heterocycles. The first-order valence-electron chi connectivity index (χ1n) is 7.62. The molecule has 2 atom stereocenters. The van der Waals surface area contributed by atoms with Crippen molar-refractivity contribution in [2.45, 2.75) is 19.3 Å². The normalized spacial score (nSPS) is 19.2. The van der Waals surface area contributed by atoms with Crippen LogP contribution in [0.1, 0.15) is 25.0 Å². The number of hydrogen-bond donors (Lipinski definition) is 2. The third kappa shape index (κ3) is 2.90. The molecule has 4 rings (SSSR count). The molecule has 0 aliphatic heterocycles. The fraction of sp³-hybridized carbons (Fsp3) is 0.235. The van der Waals surface area contributed by atoms with Crippen LogP contribution in [0.15, 0.2) is 41.0 Å². The summed E-state index contributed by atoms with van der Waals surface area (Å²) in [5.41, 5.74) is 1.51. The number of furan rings is 1. The average molecular weight is 341 g/mol. The van der Waals surface area contributed by atoms with Gasteiger partial charge in [-0.25, -0.2) is 4.98 Å². The van der Waals surface area contributed by atoms with E-state index >= 15 is 0 Å². The highest BCUT2D eigenvalue weighted by molar-refractivity contribution is 7.22. The van der Waals surface area contributed by atoms with Crippen LogP contribution < -0.4 is 10.6 Å². The van der Waals surface area contributed by atoms with Gasteiger partial charge in [0.1, 0.15) is 5.76 Å². The number of nitrogens with zero attached hydrogens (tertiary/aromatic N) is 1. The highest BCUT2D eigenvalue weighted by atomic mass is 32.1. The minimum absolute atomic E-state index is 0.0301. The van der Waals surface area contributed by atoms with Crippen molar-refractivity contribution in [3.05, 3.63) is 42.4 Å². The van der Waals surface area contributed by atoms with Crippen LogP contribution in [0, 0.1) is 5.92 Å². The van der Waals surface area contributed by atoms with Gasteiger partial charge in [-0.2, -0.15) is 0 Å². The van der Waals surface area contributed by atoms with Gasteiger partial charge < -0.3 is 15.1 Å². The monoisotopic (exact) mass is 341 g/mol. The van der Waals surface area contributed by atoms with Crippen LogP contribution in [-0.4, -0.2) is 16.8 Å². The highest BCUT2D eigenvalue weighted by Crippen LogP contribution is 2.48. The Balaban J connectivity index is 1.46. The van der Waals surface area contributed by atoms with Crippen molar-refractivity contribution in [1.29, 1.82) is 0 Å². The van der Waals surface area contributed by atoms with Gasteiger partial charge in [0.05, 0.1) is 16.5 Å². The first-order chi connectivity index (χ1) is 11.6. The zero-order chi connectivity index (χ0) is 16.7. The second-order valence-electron chi connectivity index (χ2n) is 5.84. The predicted molar refractivity (Wildman–Crippen MR) is 92.1 cm³/mol. The second-order valence-corrected chi connectivity index (χ2v) is 6.87. The number of rotatable bonds is 4. The lowest BCUT2D eigenvalue weighted by Gasteiger charge is -1.99. The predicted octanol–water partition coefficient (Wildman–Crippen LogP) is 3.59. The number of fused-ring (bicyclic) bond motifs is 1. The van der Waals surface area contributed by atoms with E-state index in [1.54, 1.807) is 12.3 Å². The Bertz CT molecular complexity index is 916. The number of nitrogens with one attached hydrogen (secondary N) is 2. The largest absolute Gasteiger partial charge is 0.469 e. The summed E-state index contributed by atoms with van der Waals surface area (Å²) in [6.07, 6.45) is 2.43. The third-order valence-electron chi connectivity index (χ3n) is 3.97. The lowest BCUT2D eigenvalue weighted by molar-refractivity contribution is -0.117. The van der Waals surface area contributed by atoms with Gasteiger partial charge in [-0.3, -0.25) is 9.59 Å². The van der Waals surface area contributed by atoms with E-state index < -0.39 is 0 Å². The number of hydrogen-bond acceptors (Lipinski definition) is 5. The van der Waals surface area contributed by atoms with E-state index in [0.29, 0.717) is 5.13 Å². The number of aromatic nitrogens is 1. The number of anilines is 2. The van der Waals surface area contributed by atoms with Crippen molar-refractivity contribution < 1.29 is 14.0 Å². The van der Waals surface area contributed by atoms with Crippen LogP contribution in [0.3, 0.4) is 0 Å². The number of amides is 2. The molecule has 2 amide bonds. The number of benzene rings is 1. The van der Waals surface area contributed by atoms with E-state index in [4.69, 9.17) is 4.42 Å². The lowest BCUT2D eigenvalue weighted by Crippen LogP contribution is -2.14. The van der Waals surface area contributed by atoms with Crippen molar-refractivity contribution in [3.63, 3.8) is 0 Å². The number of carbonyl (C=O) groups excluding carboxylic acids is 2. The molecule has 0 bridgehead atoms. The van der Waals surface area contributed by atoms with Gasteiger partial charge in [0.2, 0.25) is 11.8 Å². The topological polar surface area (TPSA) is 84.2 Å². The molecule has 3 aromatic rings. The third-order valence-corrected chi connectivity index (χ3v) is 4.91. The Morgan fingerprint density at radius 1 is 1.29 bits per heavy atom. The summed E-state index contributed by atoms with van der Waals surface area (Å²) in [4.78, 5) is 27.9. The molecule has 1 aliphatic carbocycles. The number of carbonyl (C=O) groups is 2. The van der Waals surface area contributed by atoms with E-state index in [1.807, 2.05) is 24.3 Å². The number of thiazole rings is 1. The molecule has 7 heteroatoms. The fourth-order valence-electron chi connectivity index (χ4n) is 2.76. The summed E-state index contributed by atoms with van der Waals surface area (Å²) >= 11 is 1.39. The summed E-state index contributed by atoms with van der Waals surface area (Å²) in [5, 5.41) is 6.19. The van der Waals surface area contributed by atoms with E-state index in [9.17, 15) is 9.59 Å². The maximum absolute atomic E-state index is 12.3. The lowest BCUT2D eigenvalue weighted by atomic mass is 10.2. The summed E-state index contributed by atoms with van der Waals surface area (Å²) < 4.78 is 6.27. The van der Waals surface area contributed by atoms with E-state index in [0.717, 1.165) is 28.1 Å². The van der Waals surface area contributed by atoms with Gasteiger partial charge in [0, 0.05) is 24.4 Å². The Morgan fingerprint density at radius 2 is 2.17 bits per heavy atom. The Hall–Kier alpha value is -2.67. The molecule has 1 aromatic carbocycles. The van der Waals surface area contributed by atoms with Crippen LogP contribution in [0.5, 0.6) is 0 Å². The van der Waals surface area contributed by atoms with Crippen molar-refractivity contribution in [1.82, 2.24) is 4.98 Å². The molecule has 0 unspecified atom stereocenters. The second kappa shape index (κ2) is 5.76.